The Balaban J connectivity index is 1.36. The second kappa shape index (κ2) is 8.99. The van der Waals surface area contributed by atoms with Crippen LogP contribution in [0.25, 0.3) is 0 Å². The van der Waals surface area contributed by atoms with Gasteiger partial charge in [-0.1, -0.05) is 42.5 Å². The number of aliphatic hydroxyl groups excluding tert-OH is 1. The van der Waals surface area contributed by atoms with Crippen LogP contribution in [0.5, 0.6) is 5.75 Å². The molecule has 0 bridgehead atoms. The molecule has 0 saturated heterocycles. The zero-order chi connectivity index (χ0) is 17.5. The third kappa shape index (κ3) is 6.50. The lowest BCUT2D eigenvalue weighted by molar-refractivity contribution is 0.0744. The first-order valence-electron chi connectivity index (χ1n) is 9.05. The molecule has 0 radical (unpaired) electrons. The first-order valence-corrected chi connectivity index (χ1v) is 9.05. The average molecular weight is 340 g/mol. The molecule has 2 aromatic rings. The molecule has 1 aliphatic rings. The maximum absolute atomic E-state index is 10.2. The van der Waals surface area contributed by atoms with E-state index in [4.69, 9.17) is 4.74 Å². The van der Waals surface area contributed by atoms with Crippen LogP contribution in [0.3, 0.4) is 0 Å². The van der Waals surface area contributed by atoms with Gasteiger partial charge in [-0.15, -0.1) is 0 Å². The molecule has 134 valence electrons. The molecule has 1 saturated carbocycles. The van der Waals surface area contributed by atoms with Crippen molar-refractivity contribution in [2.75, 3.05) is 20.2 Å². The quantitative estimate of drug-likeness (QED) is 0.698. The van der Waals surface area contributed by atoms with E-state index in [-0.39, 0.29) is 0 Å². The summed E-state index contributed by atoms with van der Waals surface area (Å²) in [5.74, 6) is 0.805. The summed E-state index contributed by atoms with van der Waals surface area (Å²) in [6, 6.07) is 19.1. The average Bonchev–Trinajstić information content (AvgIpc) is 3.44. The largest absolute Gasteiger partial charge is 0.491 e. The van der Waals surface area contributed by atoms with Crippen molar-refractivity contribution in [3.05, 3.63) is 65.7 Å². The highest BCUT2D eigenvalue weighted by atomic mass is 16.5. The molecule has 1 unspecified atom stereocenters. The van der Waals surface area contributed by atoms with Crippen molar-refractivity contribution in [2.45, 2.75) is 38.1 Å². The van der Waals surface area contributed by atoms with Gasteiger partial charge < -0.3 is 15.2 Å². The minimum absolute atomic E-state index is 0.304. The normalized spacial score (nSPS) is 15.3. The van der Waals surface area contributed by atoms with E-state index in [9.17, 15) is 5.11 Å². The summed E-state index contributed by atoms with van der Waals surface area (Å²) in [7, 11) is 2.01. The molecular formula is C21H28N2O2. The second-order valence-electron chi connectivity index (χ2n) is 6.95. The Labute approximate surface area is 150 Å². The van der Waals surface area contributed by atoms with Crippen molar-refractivity contribution in [3.63, 3.8) is 0 Å². The van der Waals surface area contributed by atoms with Crippen LogP contribution in [0.4, 0.5) is 0 Å². The molecule has 3 rings (SSSR count). The van der Waals surface area contributed by atoms with Gasteiger partial charge in [-0.3, -0.25) is 4.90 Å². The van der Waals surface area contributed by atoms with Crippen LogP contribution in [-0.4, -0.2) is 42.4 Å². The molecule has 0 aromatic heterocycles. The lowest BCUT2D eigenvalue weighted by Crippen LogP contribution is -2.32. The number of benzene rings is 2. The number of likely N-dealkylation sites (N-methyl/N-ethyl adjacent to an activating group) is 1. The number of nitrogens with one attached hydrogen (secondary N) is 1. The third-order valence-corrected chi connectivity index (χ3v) is 4.36. The van der Waals surface area contributed by atoms with E-state index in [1.165, 1.54) is 24.0 Å². The van der Waals surface area contributed by atoms with Gasteiger partial charge in [0.05, 0.1) is 0 Å². The maximum Gasteiger partial charge on any atom is 0.119 e. The van der Waals surface area contributed by atoms with Crippen LogP contribution in [0.2, 0.25) is 0 Å². The van der Waals surface area contributed by atoms with Crippen molar-refractivity contribution in [1.29, 1.82) is 0 Å². The summed E-state index contributed by atoms with van der Waals surface area (Å²) in [5.41, 5.74) is 2.51. The van der Waals surface area contributed by atoms with Gasteiger partial charge >= 0.3 is 0 Å². The Morgan fingerprint density at radius 3 is 2.48 bits per heavy atom. The Morgan fingerprint density at radius 2 is 1.80 bits per heavy atom. The fraction of sp³-hybridized carbons (Fsp3) is 0.429. The van der Waals surface area contributed by atoms with E-state index in [0.717, 1.165) is 24.9 Å². The van der Waals surface area contributed by atoms with E-state index < -0.39 is 6.10 Å². The summed E-state index contributed by atoms with van der Waals surface area (Å²) < 4.78 is 5.71. The maximum atomic E-state index is 10.2. The van der Waals surface area contributed by atoms with Crippen LogP contribution in [-0.2, 0) is 13.1 Å². The van der Waals surface area contributed by atoms with Crippen LogP contribution in [0.15, 0.2) is 54.6 Å². The van der Waals surface area contributed by atoms with E-state index in [1.807, 2.05) is 37.4 Å². The van der Waals surface area contributed by atoms with E-state index in [2.05, 4.69) is 34.5 Å². The van der Waals surface area contributed by atoms with Crippen LogP contribution in [0.1, 0.15) is 24.0 Å². The Hall–Kier alpha value is -1.88. The number of nitrogens with zero attached hydrogens (tertiary/aromatic N) is 1. The third-order valence-electron chi connectivity index (χ3n) is 4.36. The molecule has 4 heteroatoms. The molecule has 0 aliphatic heterocycles. The lowest BCUT2D eigenvalue weighted by atomic mass is 10.2. The highest BCUT2D eigenvalue weighted by Gasteiger charge is 2.19. The molecule has 0 amide bonds. The van der Waals surface area contributed by atoms with Gasteiger partial charge in [0.15, 0.2) is 0 Å². The zero-order valence-electron chi connectivity index (χ0n) is 14.9. The molecule has 0 heterocycles. The first kappa shape index (κ1) is 17.9. The molecule has 25 heavy (non-hydrogen) atoms. The fourth-order valence-electron chi connectivity index (χ4n) is 2.82. The lowest BCUT2D eigenvalue weighted by Gasteiger charge is -2.21. The number of hydrogen-bond donors (Lipinski definition) is 2. The predicted octanol–water partition coefficient (Wildman–Crippen LogP) is 2.81. The molecule has 1 fully saturated rings. The van der Waals surface area contributed by atoms with Crippen molar-refractivity contribution >= 4 is 0 Å². The van der Waals surface area contributed by atoms with Gasteiger partial charge in [-0.2, -0.15) is 0 Å². The SMILES string of the molecule is CN(Cc1ccccc1)CC(O)COc1ccc(CNC2CC2)cc1. The molecular weight excluding hydrogens is 312 g/mol. The number of ether oxygens (including phenoxy) is 1. The summed E-state index contributed by atoms with van der Waals surface area (Å²) >= 11 is 0. The molecule has 4 nitrogen and oxygen atoms in total. The van der Waals surface area contributed by atoms with E-state index in [0.29, 0.717) is 13.2 Å². The molecule has 1 atom stereocenters. The van der Waals surface area contributed by atoms with Gasteiger partial charge in [0.2, 0.25) is 0 Å². The highest BCUT2D eigenvalue weighted by Crippen LogP contribution is 2.20. The smallest absolute Gasteiger partial charge is 0.119 e. The van der Waals surface area contributed by atoms with Gasteiger partial charge in [-0.25, -0.2) is 0 Å². The minimum Gasteiger partial charge on any atom is -0.491 e. The van der Waals surface area contributed by atoms with Gasteiger partial charge in [0, 0.05) is 25.7 Å². The van der Waals surface area contributed by atoms with Crippen molar-refractivity contribution in [3.8, 4) is 5.75 Å². The first-order chi connectivity index (χ1) is 12.2. The zero-order valence-corrected chi connectivity index (χ0v) is 14.9. The molecule has 1 aliphatic carbocycles. The number of hydrogen-bond acceptors (Lipinski definition) is 4. The monoisotopic (exact) mass is 340 g/mol. The molecule has 0 spiro atoms. The standard InChI is InChI=1S/C21H28N2O2/c1-23(14-18-5-3-2-4-6-18)15-20(24)16-25-21-11-7-17(8-12-21)13-22-19-9-10-19/h2-8,11-12,19-20,22,24H,9-10,13-16H2,1H3. The van der Waals surface area contributed by atoms with Crippen LogP contribution >= 0.6 is 0 Å². The fourth-order valence-corrected chi connectivity index (χ4v) is 2.82. The Kier molecular flexibility index (Phi) is 6.45. The summed E-state index contributed by atoms with van der Waals surface area (Å²) in [6.45, 7) is 2.62. The molecule has 2 aromatic carbocycles. The van der Waals surface area contributed by atoms with E-state index >= 15 is 0 Å². The summed E-state index contributed by atoms with van der Waals surface area (Å²) in [4.78, 5) is 2.11. The van der Waals surface area contributed by atoms with E-state index in [1.54, 1.807) is 0 Å². The number of aliphatic hydroxyl groups is 1. The van der Waals surface area contributed by atoms with Crippen molar-refractivity contribution < 1.29 is 9.84 Å². The number of rotatable bonds is 10. The van der Waals surface area contributed by atoms with Crippen LogP contribution in [0, 0.1) is 0 Å². The van der Waals surface area contributed by atoms with Gasteiger partial charge in [0.1, 0.15) is 18.5 Å². The van der Waals surface area contributed by atoms with Crippen molar-refractivity contribution in [1.82, 2.24) is 10.2 Å². The van der Waals surface area contributed by atoms with Gasteiger partial charge in [0.25, 0.3) is 0 Å². The molecule has 2 N–H and O–H groups in total. The summed E-state index contributed by atoms with van der Waals surface area (Å²) in [5, 5.41) is 13.7. The second-order valence-corrected chi connectivity index (χ2v) is 6.95. The Bertz CT molecular complexity index is 626. The minimum atomic E-state index is -0.509. The van der Waals surface area contributed by atoms with Crippen LogP contribution < -0.4 is 10.1 Å². The predicted molar refractivity (Wildman–Crippen MR) is 101 cm³/mol. The Morgan fingerprint density at radius 1 is 1.08 bits per heavy atom. The van der Waals surface area contributed by atoms with Gasteiger partial charge in [-0.05, 0) is 43.1 Å². The van der Waals surface area contributed by atoms with Crippen molar-refractivity contribution in [2.24, 2.45) is 0 Å². The highest BCUT2D eigenvalue weighted by molar-refractivity contribution is 5.27. The topological polar surface area (TPSA) is 44.7 Å². The summed E-state index contributed by atoms with van der Waals surface area (Å²) in [6.07, 6.45) is 2.10.